The van der Waals surface area contributed by atoms with Crippen molar-refractivity contribution in [3.63, 3.8) is 0 Å². The Hall–Kier alpha value is -1.49. The first-order valence-corrected chi connectivity index (χ1v) is 7.00. The average Bonchev–Trinajstić information content (AvgIpc) is 2.77. The van der Waals surface area contributed by atoms with E-state index in [9.17, 15) is 4.79 Å². The summed E-state index contributed by atoms with van der Waals surface area (Å²) in [5, 5.41) is 6.63. The van der Waals surface area contributed by atoms with Gasteiger partial charge in [-0.15, -0.1) is 0 Å². The molecule has 4 nitrogen and oxygen atoms in total. The van der Waals surface area contributed by atoms with E-state index in [1.807, 2.05) is 31.2 Å². The number of nitrogens with one attached hydrogen (secondary N) is 3. The van der Waals surface area contributed by atoms with Gasteiger partial charge in [0.15, 0.2) is 0 Å². The summed E-state index contributed by atoms with van der Waals surface area (Å²) in [6.07, 6.45) is 0. The molecular formula is C14H15Cl2N3O. The number of carbonyl (C=O) groups is 1. The second-order valence-electron chi connectivity index (χ2n) is 4.28. The van der Waals surface area contributed by atoms with Gasteiger partial charge in [0.1, 0.15) is 10.8 Å². The fraction of sp³-hybridized carbons (Fsp3) is 0.214. The van der Waals surface area contributed by atoms with E-state index in [1.54, 1.807) is 0 Å². The standard InChI is InChI=1S/C14H15Cl2N3O/c1-2-17-8-9-4-3-5-10(6-9)18-14(20)12-7-11(15)13(16)19-12/h3-7,17,19H,2,8H2,1H3,(H,18,20). The van der Waals surface area contributed by atoms with Crippen molar-refractivity contribution < 1.29 is 4.79 Å². The zero-order chi connectivity index (χ0) is 14.5. The number of anilines is 1. The third kappa shape index (κ3) is 3.76. The van der Waals surface area contributed by atoms with Crippen LogP contribution in [-0.2, 0) is 6.54 Å². The topological polar surface area (TPSA) is 56.9 Å². The highest BCUT2D eigenvalue weighted by Crippen LogP contribution is 2.22. The normalized spacial score (nSPS) is 10.6. The Morgan fingerprint density at radius 1 is 1.30 bits per heavy atom. The number of hydrogen-bond donors (Lipinski definition) is 3. The highest BCUT2D eigenvalue weighted by Gasteiger charge is 2.11. The maximum Gasteiger partial charge on any atom is 0.272 e. The second-order valence-corrected chi connectivity index (χ2v) is 5.06. The molecule has 1 heterocycles. The first kappa shape index (κ1) is 14.9. The SMILES string of the molecule is CCNCc1cccc(NC(=O)c2cc(Cl)c(Cl)[nH]2)c1. The van der Waals surface area contributed by atoms with Crippen LogP contribution in [0.2, 0.25) is 10.2 Å². The van der Waals surface area contributed by atoms with Crippen molar-refractivity contribution in [1.29, 1.82) is 0 Å². The summed E-state index contributed by atoms with van der Waals surface area (Å²) in [6.45, 7) is 3.71. The second kappa shape index (κ2) is 6.79. The molecule has 0 aliphatic carbocycles. The lowest BCUT2D eigenvalue weighted by atomic mass is 10.2. The van der Waals surface area contributed by atoms with Gasteiger partial charge in [0.25, 0.3) is 5.91 Å². The van der Waals surface area contributed by atoms with E-state index in [4.69, 9.17) is 23.2 Å². The fourth-order valence-corrected chi connectivity index (χ4v) is 2.07. The van der Waals surface area contributed by atoms with Crippen LogP contribution in [0, 0.1) is 0 Å². The van der Waals surface area contributed by atoms with E-state index < -0.39 is 0 Å². The van der Waals surface area contributed by atoms with Crippen LogP contribution in [0.3, 0.4) is 0 Å². The van der Waals surface area contributed by atoms with Gasteiger partial charge in [-0.2, -0.15) is 0 Å². The van der Waals surface area contributed by atoms with E-state index in [2.05, 4.69) is 15.6 Å². The molecule has 0 saturated carbocycles. The van der Waals surface area contributed by atoms with Crippen LogP contribution in [0.4, 0.5) is 5.69 Å². The number of carbonyl (C=O) groups excluding carboxylic acids is 1. The van der Waals surface area contributed by atoms with Crippen molar-refractivity contribution >= 4 is 34.8 Å². The maximum absolute atomic E-state index is 12.0. The van der Waals surface area contributed by atoms with Crippen LogP contribution in [0.15, 0.2) is 30.3 Å². The Bertz CT molecular complexity index is 591. The van der Waals surface area contributed by atoms with Gasteiger partial charge in [-0.05, 0) is 30.3 Å². The summed E-state index contributed by atoms with van der Waals surface area (Å²) in [6, 6.07) is 9.16. The third-order valence-corrected chi connectivity index (χ3v) is 3.43. The van der Waals surface area contributed by atoms with Crippen molar-refractivity contribution in [1.82, 2.24) is 10.3 Å². The van der Waals surface area contributed by atoms with E-state index in [0.29, 0.717) is 10.7 Å². The lowest BCUT2D eigenvalue weighted by Crippen LogP contribution is -2.14. The minimum Gasteiger partial charge on any atom is -0.340 e. The molecule has 0 saturated heterocycles. The van der Waals surface area contributed by atoms with Crippen LogP contribution in [0.5, 0.6) is 0 Å². The van der Waals surface area contributed by atoms with Crippen molar-refractivity contribution in [2.45, 2.75) is 13.5 Å². The van der Waals surface area contributed by atoms with Gasteiger partial charge in [-0.3, -0.25) is 4.79 Å². The smallest absolute Gasteiger partial charge is 0.272 e. The first-order valence-electron chi connectivity index (χ1n) is 6.25. The molecule has 0 unspecified atom stereocenters. The Labute approximate surface area is 127 Å². The van der Waals surface area contributed by atoms with Crippen LogP contribution < -0.4 is 10.6 Å². The summed E-state index contributed by atoms with van der Waals surface area (Å²) in [4.78, 5) is 14.8. The average molecular weight is 312 g/mol. The molecule has 0 aliphatic heterocycles. The van der Waals surface area contributed by atoms with Crippen molar-refractivity contribution in [3.05, 3.63) is 51.8 Å². The molecule has 0 spiro atoms. The summed E-state index contributed by atoms with van der Waals surface area (Å²) in [5.41, 5.74) is 2.16. The van der Waals surface area contributed by atoms with Gasteiger partial charge in [0.05, 0.1) is 5.02 Å². The van der Waals surface area contributed by atoms with Gasteiger partial charge in [-0.1, -0.05) is 42.3 Å². The van der Waals surface area contributed by atoms with Crippen LogP contribution in [0.1, 0.15) is 23.0 Å². The largest absolute Gasteiger partial charge is 0.340 e. The summed E-state index contributed by atoms with van der Waals surface area (Å²) < 4.78 is 0. The molecule has 0 bridgehead atoms. The Balaban J connectivity index is 2.07. The van der Waals surface area contributed by atoms with Gasteiger partial charge < -0.3 is 15.6 Å². The molecule has 106 valence electrons. The molecule has 0 fully saturated rings. The lowest BCUT2D eigenvalue weighted by molar-refractivity contribution is 0.102. The molecule has 1 aromatic heterocycles. The van der Waals surface area contributed by atoms with Crippen LogP contribution in [0.25, 0.3) is 0 Å². The number of hydrogen-bond acceptors (Lipinski definition) is 2. The quantitative estimate of drug-likeness (QED) is 0.789. The Morgan fingerprint density at radius 3 is 2.75 bits per heavy atom. The van der Waals surface area contributed by atoms with E-state index in [0.717, 1.165) is 24.3 Å². The highest BCUT2D eigenvalue weighted by atomic mass is 35.5. The van der Waals surface area contributed by atoms with Gasteiger partial charge in [0.2, 0.25) is 0 Å². The number of amides is 1. The minimum absolute atomic E-state index is 0.262. The highest BCUT2D eigenvalue weighted by molar-refractivity contribution is 6.41. The van der Waals surface area contributed by atoms with Crippen molar-refractivity contribution in [2.24, 2.45) is 0 Å². The summed E-state index contributed by atoms with van der Waals surface area (Å²) in [7, 11) is 0. The lowest BCUT2D eigenvalue weighted by Gasteiger charge is -2.07. The number of halogens is 2. The van der Waals surface area contributed by atoms with E-state index in [1.165, 1.54) is 6.07 Å². The molecule has 1 amide bonds. The molecule has 1 aromatic carbocycles. The fourth-order valence-electron chi connectivity index (χ4n) is 1.75. The van der Waals surface area contributed by atoms with Gasteiger partial charge in [-0.25, -0.2) is 0 Å². The number of aromatic amines is 1. The maximum atomic E-state index is 12.0. The molecule has 0 radical (unpaired) electrons. The molecule has 2 aromatic rings. The van der Waals surface area contributed by atoms with Crippen molar-refractivity contribution in [2.75, 3.05) is 11.9 Å². The monoisotopic (exact) mass is 311 g/mol. The molecule has 0 aliphatic rings. The predicted octanol–water partition coefficient (Wildman–Crippen LogP) is 3.68. The number of aromatic nitrogens is 1. The molecule has 2 rings (SSSR count). The summed E-state index contributed by atoms with van der Waals surface area (Å²) in [5.74, 6) is -0.278. The minimum atomic E-state index is -0.278. The number of benzene rings is 1. The molecule has 20 heavy (non-hydrogen) atoms. The Morgan fingerprint density at radius 2 is 2.10 bits per heavy atom. The van der Waals surface area contributed by atoms with Gasteiger partial charge >= 0.3 is 0 Å². The summed E-state index contributed by atoms with van der Waals surface area (Å²) >= 11 is 11.6. The zero-order valence-corrected chi connectivity index (χ0v) is 12.5. The molecule has 3 N–H and O–H groups in total. The van der Waals surface area contributed by atoms with E-state index in [-0.39, 0.29) is 11.1 Å². The first-order chi connectivity index (χ1) is 9.60. The Kier molecular flexibility index (Phi) is 5.06. The third-order valence-electron chi connectivity index (χ3n) is 2.73. The molecule has 6 heteroatoms. The van der Waals surface area contributed by atoms with Crippen molar-refractivity contribution in [3.8, 4) is 0 Å². The predicted molar refractivity (Wildman–Crippen MR) is 82.6 cm³/mol. The van der Waals surface area contributed by atoms with Crippen LogP contribution in [-0.4, -0.2) is 17.4 Å². The zero-order valence-electron chi connectivity index (χ0n) is 11.0. The van der Waals surface area contributed by atoms with E-state index >= 15 is 0 Å². The van der Waals surface area contributed by atoms with Crippen LogP contribution >= 0.6 is 23.2 Å². The van der Waals surface area contributed by atoms with Gasteiger partial charge in [0, 0.05) is 12.2 Å². The number of rotatable bonds is 5. The molecular weight excluding hydrogens is 297 g/mol. The molecule has 0 atom stereocenters. The number of H-pyrrole nitrogens is 1.